The second-order valence-corrected chi connectivity index (χ2v) is 10.5. The number of benzene rings is 3. The molecule has 0 aliphatic carbocycles. The third-order valence-electron chi connectivity index (χ3n) is 8.63. The fourth-order valence-corrected chi connectivity index (χ4v) is 6.54. The van der Waals surface area contributed by atoms with Gasteiger partial charge in [-0.2, -0.15) is 9.13 Å². The van der Waals surface area contributed by atoms with Crippen molar-refractivity contribution in [2.45, 2.75) is 39.8 Å². The molecular formula is C35H32N2O+2. The second-order valence-electron chi connectivity index (χ2n) is 10.5. The van der Waals surface area contributed by atoms with Crippen molar-refractivity contribution in [1.29, 1.82) is 0 Å². The molecule has 0 fully saturated rings. The molecule has 3 nitrogen and oxygen atoms in total. The van der Waals surface area contributed by atoms with E-state index >= 15 is 0 Å². The highest BCUT2D eigenvalue weighted by Crippen LogP contribution is 2.44. The van der Waals surface area contributed by atoms with Gasteiger partial charge in [0.25, 0.3) is 0 Å². The number of methoxy groups -OCH3 is 1. The van der Waals surface area contributed by atoms with E-state index in [4.69, 9.17) is 4.74 Å². The molecule has 38 heavy (non-hydrogen) atoms. The van der Waals surface area contributed by atoms with Crippen molar-refractivity contribution in [3.05, 3.63) is 113 Å². The molecule has 5 aromatic rings. The van der Waals surface area contributed by atoms with E-state index in [2.05, 4.69) is 102 Å². The molecule has 7 rings (SSSR count). The Kier molecular flexibility index (Phi) is 5.40. The summed E-state index contributed by atoms with van der Waals surface area (Å²) in [5, 5.41) is 2.65. The van der Waals surface area contributed by atoms with E-state index < -0.39 is 0 Å². The maximum absolute atomic E-state index is 5.32. The average molecular weight is 497 g/mol. The standard InChI is InChI=1S/C35H32N2O/c1-23-24(2)30-18-21-36-20-17-26-7-4-5-9-31(26)35(36)34(30)33-29(23)19-22-37-27(8-6-10-32(33)37)14-11-25-12-15-28(38-3)16-13-25/h4-17,20H,18-19,21-22H2,1-3H3/q+2. The molecule has 0 bridgehead atoms. The molecule has 3 aromatic carbocycles. The minimum atomic E-state index is 0.881. The molecule has 2 aliphatic heterocycles. The van der Waals surface area contributed by atoms with Crippen LogP contribution in [0.15, 0.2) is 79.0 Å². The summed E-state index contributed by atoms with van der Waals surface area (Å²) in [4.78, 5) is 0. The van der Waals surface area contributed by atoms with E-state index in [1.807, 2.05) is 12.1 Å². The number of fused-ring (bicyclic) bond motifs is 9. The summed E-state index contributed by atoms with van der Waals surface area (Å²) in [5.74, 6) is 0.881. The summed E-state index contributed by atoms with van der Waals surface area (Å²) in [6.45, 7) is 6.69. The van der Waals surface area contributed by atoms with Crippen LogP contribution in [0, 0.1) is 13.8 Å². The molecule has 0 amide bonds. The van der Waals surface area contributed by atoms with Crippen molar-refractivity contribution in [3.8, 4) is 28.3 Å². The first-order valence-corrected chi connectivity index (χ1v) is 13.6. The fraction of sp³-hybridized carbons (Fsp3) is 0.200. The van der Waals surface area contributed by atoms with Gasteiger partial charge < -0.3 is 4.74 Å². The predicted octanol–water partition coefficient (Wildman–Crippen LogP) is 6.66. The summed E-state index contributed by atoms with van der Waals surface area (Å²) >= 11 is 0. The molecule has 0 saturated heterocycles. The molecule has 2 aromatic heterocycles. The van der Waals surface area contributed by atoms with E-state index in [9.17, 15) is 0 Å². The zero-order valence-electron chi connectivity index (χ0n) is 22.3. The summed E-state index contributed by atoms with van der Waals surface area (Å²) < 4.78 is 10.3. The Bertz CT molecular complexity index is 1760. The smallest absolute Gasteiger partial charge is 0.221 e. The van der Waals surface area contributed by atoms with Gasteiger partial charge in [0.2, 0.25) is 17.1 Å². The Morgan fingerprint density at radius 3 is 2.32 bits per heavy atom. The number of hydrogen-bond donors (Lipinski definition) is 0. The topological polar surface area (TPSA) is 17.0 Å². The van der Waals surface area contributed by atoms with Gasteiger partial charge in [0.05, 0.1) is 23.6 Å². The molecular weight excluding hydrogens is 464 g/mol. The van der Waals surface area contributed by atoms with Gasteiger partial charge in [0, 0.05) is 37.1 Å². The van der Waals surface area contributed by atoms with Crippen LogP contribution in [0.4, 0.5) is 0 Å². The summed E-state index contributed by atoms with van der Waals surface area (Å²) in [6, 6.07) is 26.1. The number of hydrogen-bond acceptors (Lipinski definition) is 1. The highest BCUT2D eigenvalue weighted by Gasteiger charge is 2.37. The zero-order chi connectivity index (χ0) is 25.8. The van der Waals surface area contributed by atoms with Crippen molar-refractivity contribution in [3.63, 3.8) is 0 Å². The zero-order valence-corrected chi connectivity index (χ0v) is 22.3. The lowest BCUT2D eigenvalue weighted by molar-refractivity contribution is -0.690. The van der Waals surface area contributed by atoms with Crippen LogP contribution in [0.1, 0.15) is 33.5 Å². The summed E-state index contributed by atoms with van der Waals surface area (Å²) in [5.41, 5.74) is 13.9. The van der Waals surface area contributed by atoms with Gasteiger partial charge in [-0.1, -0.05) is 30.3 Å². The van der Waals surface area contributed by atoms with E-state index in [-0.39, 0.29) is 0 Å². The van der Waals surface area contributed by atoms with Crippen molar-refractivity contribution in [2.24, 2.45) is 0 Å². The molecule has 186 valence electrons. The monoisotopic (exact) mass is 496 g/mol. The number of nitrogens with zero attached hydrogens (tertiary/aromatic N) is 2. The normalized spacial score (nSPS) is 13.7. The van der Waals surface area contributed by atoms with Gasteiger partial charge in [-0.05, 0) is 77.4 Å². The minimum absolute atomic E-state index is 0.881. The van der Waals surface area contributed by atoms with Gasteiger partial charge in [-0.15, -0.1) is 0 Å². The Morgan fingerprint density at radius 2 is 1.50 bits per heavy atom. The average Bonchev–Trinajstić information content (AvgIpc) is 2.97. The lowest BCUT2D eigenvalue weighted by Crippen LogP contribution is -2.45. The van der Waals surface area contributed by atoms with Crippen molar-refractivity contribution < 1.29 is 13.9 Å². The van der Waals surface area contributed by atoms with Crippen LogP contribution in [0.5, 0.6) is 5.75 Å². The molecule has 4 heterocycles. The largest absolute Gasteiger partial charge is 0.497 e. The van der Waals surface area contributed by atoms with Crippen LogP contribution < -0.4 is 13.9 Å². The van der Waals surface area contributed by atoms with Crippen LogP contribution in [0.3, 0.4) is 0 Å². The number of aryl methyl sites for hydroxylation is 1. The van der Waals surface area contributed by atoms with Gasteiger partial charge >= 0.3 is 0 Å². The molecule has 0 radical (unpaired) electrons. The summed E-state index contributed by atoms with van der Waals surface area (Å²) in [6.07, 6.45) is 8.86. The minimum Gasteiger partial charge on any atom is -0.497 e. The molecule has 3 heteroatoms. The van der Waals surface area contributed by atoms with E-state index in [0.29, 0.717) is 0 Å². The van der Waals surface area contributed by atoms with Crippen LogP contribution in [-0.4, -0.2) is 7.11 Å². The lowest BCUT2D eigenvalue weighted by atomic mass is 9.79. The predicted molar refractivity (Wildman–Crippen MR) is 154 cm³/mol. The van der Waals surface area contributed by atoms with E-state index in [0.717, 1.165) is 31.7 Å². The van der Waals surface area contributed by atoms with Crippen molar-refractivity contribution in [2.75, 3.05) is 7.11 Å². The second kappa shape index (κ2) is 8.95. The highest BCUT2D eigenvalue weighted by atomic mass is 16.5. The first-order chi connectivity index (χ1) is 18.6. The van der Waals surface area contributed by atoms with Crippen molar-refractivity contribution in [1.82, 2.24) is 0 Å². The van der Waals surface area contributed by atoms with Gasteiger partial charge in [0.1, 0.15) is 5.75 Å². The number of pyridine rings is 2. The van der Waals surface area contributed by atoms with Crippen molar-refractivity contribution >= 4 is 22.9 Å². The quantitative estimate of drug-likeness (QED) is 0.255. The molecule has 0 saturated carbocycles. The van der Waals surface area contributed by atoms with Gasteiger partial charge in [-0.3, -0.25) is 0 Å². The summed E-state index contributed by atoms with van der Waals surface area (Å²) in [7, 11) is 1.71. The Hall–Kier alpha value is -4.24. The van der Waals surface area contributed by atoms with E-state index in [1.165, 1.54) is 66.8 Å². The first-order valence-electron chi connectivity index (χ1n) is 13.6. The maximum Gasteiger partial charge on any atom is 0.221 e. The number of ether oxygens (including phenoxy) is 1. The first kappa shape index (κ1) is 22.9. The Balaban J connectivity index is 1.45. The van der Waals surface area contributed by atoms with Gasteiger partial charge in [0.15, 0.2) is 19.3 Å². The molecule has 0 N–H and O–H groups in total. The fourth-order valence-electron chi connectivity index (χ4n) is 6.54. The third-order valence-corrected chi connectivity index (χ3v) is 8.63. The van der Waals surface area contributed by atoms with Crippen LogP contribution in [0.25, 0.3) is 45.4 Å². The molecule has 0 atom stereocenters. The van der Waals surface area contributed by atoms with Crippen LogP contribution >= 0.6 is 0 Å². The van der Waals surface area contributed by atoms with Crippen LogP contribution in [-0.2, 0) is 25.9 Å². The lowest BCUT2D eigenvalue weighted by Gasteiger charge is -2.27. The Morgan fingerprint density at radius 1 is 0.737 bits per heavy atom. The van der Waals surface area contributed by atoms with E-state index in [1.54, 1.807) is 7.11 Å². The number of aromatic nitrogens is 2. The molecule has 0 unspecified atom stereocenters. The Labute approximate surface area is 224 Å². The molecule has 2 aliphatic rings. The maximum atomic E-state index is 5.32. The SMILES string of the molecule is COc1ccc(C=Cc2cccc3[n+]2CCc2c(C)c(C)c4c(c2-3)-c2c3ccccc3cc[n+]2CC4)cc1. The molecule has 0 spiro atoms. The third kappa shape index (κ3) is 3.49. The van der Waals surface area contributed by atoms with Gasteiger partial charge in [-0.25, -0.2) is 0 Å². The number of rotatable bonds is 3. The highest BCUT2D eigenvalue weighted by molar-refractivity contribution is 5.99. The van der Waals surface area contributed by atoms with Crippen LogP contribution in [0.2, 0.25) is 0 Å².